The highest BCUT2D eigenvalue weighted by Gasteiger charge is 1.94. The van der Waals surface area contributed by atoms with Crippen LogP contribution in [0.5, 0.6) is 0 Å². The Morgan fingerprint density at radius 2 is 1.41 bits per heavy atom. The fourth-order valence-corrected chi connectivity index (χ4v) is 1.66. The van der Waals surface area contributed by atoms with E-state index in [4.69, 9.17) is 6.11 Å². The van der Waals surface area contributed by atoms with Crippen molar-refractivity contribution < 1.29 is 6.11 Å². The molecule has 0 aliphatic heterocycles. The first-order valence-corrected chi connectivity index (χ1v) is 5.95. The molecule has 0 heterocycles. The van der Waals surface area contributed by atoms with Crippen molar-refractivity contribution >= 4 is 0 Å². The van der Waals surface area contributed by atoms with Crippen molar-refractivity contribution in [3.05, 3.63) is 71.8 Å². The molecule has 0 aromatic heterocycles. The van der Waals surface area contributed by atoms with Gasteiger partial charge in [0.15, 0.2) is 0 Å². The molecule has 2 aromatic carbocycles. The Morgan fingerprint density at radius 1 is 0.824 bits per heavy atom. The lowest BCUT2D eigenvalue weighted by Crippen LogP contribution is -1.97. The number of rotatable bonds is 6. The fourth-order valence-electron chi connectivity index (χ4n) is 1.66. The van der Waals surface area contributed by atoms with Gasteiger partial charge in [-0.05, 0) is 23.9 Å². The van der Waals surface area contributed by atoms with Gasteiger partial charge in [-0.15, -0.1) is 0 Å². The van der Waals surface area contributed by atoms with Crippen molar-refractivity contribution in [2.45, 2.75) is 19.4 Å². The van der Waals surface area contributed by atoms with Gasteiger partial charge in [0.1, 0.15) is 0 Å². The summed E-state index contributed by atoms with van der Waals surface area (Å²) in [6, 6.07) is 20.0. The highest BCUT2D eigenvalue weighted by molar-refractivity contribution is 5.15. The molecule has 0 aliphatic rings. The molecule has 1 heteroatoms. The molecule has 0 amide bonds. The van der Waals surface area contributed by atoms with Crippen LogP contribution in [-0.2, 0) is 17.7 Å². The Kier molecular flexibility index (Phi) is 4.26. The zero-order valence-corrected chi connectivity index (χ0v) is 9.88. The quantitative estimate of drug-likeness (QED) is 0.681. The van der Waals surface area contributed by atoms with E-state index in [9.17, 15) is 0 Å². The van der Waals surface area contributed by atoms with Crippen molar-refractivity contribution in [1.29, 1.82) is 0 Å². The molecule has 1 nitrogen and oxygen atoms in total. The third-order valence-electron chi connectivity index (χ3n) is 2.55. The first-order chi connectivity index (χ1) is 8.86. The summed E-state index contributed by atoms with van der Waals surface area (Å²) in [5, 5.41) is 0. The van der Waals surface area contributed by atoms with Gasteiger partial charge in [-0.1, -0.05) is 60.7 Å². The van der Waals surface area contributed by atoms with E-state index in [1.165, 1.54) is 5.56 Å². The number of hydrogen-bond donors (Lipinski definition) is 0. The smallest absolute Gasteiger partial charge is 0.0716 e. The van der Waals surface area contributed by atoms with E-state index >= 15 is 0 Å². The molecule has 2 rings (SSSR count). The second-order valence-electron chi connectivity index (χ2n) is 3.94. The summed E-state index contributed by atoms with van der Waals surface area (Å²) < 4.78 is 13.6. The molecule has 0 N–H and O–H groups in total. The Labute approximate surface area is 104 Å². The highest BCUT2D eigenvalue weighted by atomic mass is 16.5. The Balaban J connectivity index is 1.70. The van der Waals surface area contributed by atoms with E-state index in [-0.39, 0.29) is 6.40 Å². The van der Waals surface area contributed by atoms with E-state index in [0.717, 1.165) is 12.0 Å². The molecule has 1 unspecified atom stereocenters. The summed E-state index contributed by atoms with van der Waals surface area (Å²) >= 11 is 0. The molecule has 0 saturated carbocycles. The largest absolute Gasteiger partial charge is 0.377 e. The molecular formula is C16H18O. The topological polar surface area (TPSA) is 9.23 Å². The van der Waals surface area contributed by atoms with Crippen LogP contribution in [0.4, 0.5) is 0 Å². The third kappa shape index (κ3) is 4.41. The van der Waals surface area contributed by atoms with Gasteiger partial charge < -0.3 is 4.74 Å². The van der Waals surface area contributed by atoms with Gasteiger partial charge in [-0.25, -0.2) is 0 Å². The lowest BCUT2D eigenvalue weighted by molar-refractivity contribution is 0.118. The minimum atomic E-state index is -0.193. The molecular weight excluding hydrogens is 208 g/mol. The van der Waals surface area contributed by atoms with Gasteiger partial charge in [-0.3, -0.25) is 0 Å². The van der Waals surface area contributed by atoms with Crippen LogP contribution >= 0.6 is 0 Å². The summed E-state index contributed by atoms with van der Waals surface area (Å²) in [4.78, 5) is 0. The molecule has 88 valence electrons. The average Bonchev–Trinajstić information content (AvgIpc) is 2.45. The predicted octanol–water partition coefficient (Wildman–Crippen LogP) is 3.84. The van der Waals surface area contributed by atoms with E-state index in [1.54, 1.807) is 0 Å². The SMILES string of the molecule is [2H]C(CCOCc1ccccc1)c1ccccc1. The van der Waals surface area contributed by atoms with Crippen LogP contribution in [0.25, 0.3) is 0 Å². The average molecular weight is 227 g/mol. The van der Waals surface area contributed by atoms with Crippen molar-refractivity contribution in [3.63, 3.8) is 0 Å². The molecule has 1 atom stereocenters. The van der Waals surface area contributed by atoms with E-state index in [0.29, 0.717) is 13.2 Å². The van der Waals surface area contributed by atoms with Crippen molar-refractivity contribution in [2.24, 2.45) is 0 Å². The number of ether oxygens (including phenoxy) is 1. The van der Waals surface area contributed by atoms with Gasteiger partial charge in [0.2, 0.25) is 0 Å². The molecule has 0 fully saturated rings. The normalized spacial score (nSPS) is 13.1. The maximum atomic E-state index is 8.02. The lowest BCUT2D eigenvalue weighted by atomic mass is 10.1. The Bertz CT molecular complexity index is 441. The molecule has 0 radical (unpaired) electrons. The zero-order chi connectivity index (χ0) is 12.6. The van der Waals surface area contributed by atoms with Crippen LogP contribution < -0.4 is 0 Å². The molecule has 2 aromatic rings. The molecule has 17 heavy (non-hydrogen) atoms. The summed E-state index contributed by atoms with van der Waals surface area (Å²) in [5.74, 6) is 0. The van der Waals surface area contributed by atoms with Gasteiger partial charge in [0, 0.05) is 7.98 Å². The van der Waals surface area contributed by atoms with Crippen LogP contribution in [0, 0.1) is 0 Å². The highest BCUT2D eigenvalue weighted by Crippen LogP contribution is 2.04. The van der Waals surface area contributed by atoms with Gasteiger partial charge in [0.05, 0.1) is 6.61 Å². The van der Waals surface area contributed by atoms with E-state index < -0.39 is 0 Å². The summed E-state index contributed by atoms with van der Waals surface area (Å²) in [7, 11) is 0. The minimum Gasteiger partial charge on any atom is -0.377 e. The fraction of sp³-hybridized carbons (Fsp3) is 0.250. The van der Waals surface area contributed by atoms with Gasteiger partial charge in [-0.2, -0.15) is 0 Å². The lowest BCUT2D eigenvalue weighted by Gasteiger charge is -2.04. The van der Waals surface area contributed by atoms with Crippen molar-refractivity contribution in [1.82, 2.24) is 0 Å². The predicted molar refractivity (Wildman–Crippen MR) is 70.9 cm³/mol. The van der Waals surface area contributed by atoms with Crippen molar-refractivity contribution in [3.8, 4) is 0 Å². The Morgan fingerprint density at radius 3 is 2.06 bits per heavy atom. The van der Waals surface area contributed by atoms with Crippen LogP contribution in [0.15, 0.2) is 60.7 Å². The second-order valence-corrected chi connectivity index (χ2v) is 3.94. The van der Waals surface area contributed by atoms with Crippen molar-refractivity contribution in [2.75, 3.05) is 6.61 Å². The van der Waals surface area contributed by atoms with Gasteiger partial charge >= 0.3 is 0 Å². The minimum absolute atomic E-state index is 0.193. The summed E-state index contributed by atoms with van der Waals surface area (Å²) in [6.45, 7) is 1.25. The third-order valence-corrected chi connectivity index (χ3v) is 2.55. The monoisotopic (exact) mass is 227 g/mol. The van der Waals surface area contributed by atoms with Crippen LogP contribution in [0.1, 0.15) is 18.9 Å². The second kappa shape index (κ2) is 6.87. The molecule has 0 aliphatic carbocycles. The maximum absolute atomic E-state index is 8.02. The standard InChI is InChI=1S/C16H18O/c1-3-8-15(9-4-1)12-7-13-17-14-16-10-5-2-6-11-16/h1-6,8-11H,7,12-14H2/i12D. The number of benzene rings is 2. The first-order valence-electron chi connectivity index (χ1n) is 6.53. The summed E-state index contributed by atoms with van der Waals surface area (Å²) in [6.07, 6.45) is 0.540. The first kappa shape index (κ1) is 10.5. The van der Waals surface area contributed by atoms with Crippen LogP contribution in [0.2, 0.25) is 0 Å². The van der Waals surface area contributed by atoms with E-state index in [2.05, 4.69) is 12.1 Å². The Hall–Kier alpha value is -1.60. The number of aryl methyl sites for hydroxylation is 1. The van der Waals surface area contributed by atoms with Crippen LogP contribution in [-0.4, -0.2) is 6.61 Å². The molecule has 0 bridgehead atoms. The van der Waals surface area contributed by atoms with E-state index in [1.807, 2.05) is 48.5 Å². The molecule has 0 saturated heterocycles. The number of hydrogen-bond acceptors (Lipinski definition) is 1. The maximum Gasteiger partial charge on any atom is 0.0716 e. The van der Waals surface area contributed by atoms with Gasteiger partial charge in [0.25, 0.3) is 0 Å². The molecule has 0 spiro atoms. The van der Waals surface area contributed by atoms with Crippen LogP contribution in [0.3, 0.4) is 0 Å². The summed E-state index contributed by atoms with van der Waals surface area (Å²) in [5.41, 5.74) is 2.24. The zero-order valence-electron chi connectivity index (χ0n) is 10.9.